The fourth-order valence-corrected chi connectivity index (χ4v) is 1.22. The number of nitrogens with one attached hydrogen (secondary N) is 3. The predicted molar refractivity (Wildman–Crippen MR) is 57.3 cm³/mol. The lowest BCUT2D eigenvalue weighted by atomic mass is 10.4. The molecule has 2 amide bonds. The van der Waals surface area contributed by atoms with Crippen molar-refractivity contribution in [1.29, 1.82) is 0 Å². The summed E-state index contributed by atoms with van der Waals surface area (Å²) in [5, 5.41) is 8.67. The van der Waals surface area contributed by atoms with Gasteiger partial charge in [-0.3, -0.25) is 9.59 Å². The van der Waals surface area contributed by atoms with Crippen molar-refractivity contribution >= 4 is 11.8 Å². The summed E-state index contributed by atoms with van der Waals surface area (Å²) in [6.07, 6.45) is 2.09. The SMILES string of the molecule is CC(=O)NCCNCCNC(=O)C1CC1. The first kappa shape index (κ1) is 12.0. The van der Waals surface area contributed by atoms with Crippen LogP contribution >= 0.6 is 0 Å². The van der Waals surface area contributed by atoms with Gasteiger partial charge in [-0.15, -0.1) is 0 Å². The van der Waals surface area contributed by atoms with Gasteiger partial charge < -0.3 is 16.0 Å². The Balaban J connectivity index is 1.80. The number of rotatable bonds is 7. The zero-order valence-electron chi connectivity index (χ0n) is 9.14. The summed E-state index contributed by atoms with van der Waals surface area (Å²) in [5.74, 6) is 0.446. The third-order valence-corrected chi connectivity index (χ3v) is 2.22. The normalized spacial score (nSPS) is 14.7. The number of carbonyl (C=O) groups excluding carboxylic acids is 2. The summed E-state index contributed by atoms with van der Waals surface area (Å²) < 4.78 is 0. The van der Waals surface area contributed by atoms with Crippen LogP contribution in [-0.4, -0.2) is 38.0 Å². The minimum atomic E-state index is -0.0150. The molecular weight excluding hydrogens is 194 g/mol. The Labute approximate surface area is 90.0 Å². The Hall–Kier alpha value is -1.10. The van der Waals surface area contributed by atoms with E-state index in [0.717, 1.165) is 25.9 Å². The Morgan fingerprint density at radius 1 is 1.07 bits per heavy atom. The third kappa shape index (κ3) is 6.06. The zero-order valence-corrected chi connectivity index (χ0v) is 9.14. The van der Waals surface area contributed by atoms with Crippen molar-refractivity contribution in [2.75, 3.05) is 26.2 Å². The standard InChI is InChI=1S/C10H19N3O2/c1-8(14)12-6-4-11-5-7-13-10(15)9-2-3-9/h9,11H,2-7H2,1H3,(H,12,14)(H,13,15). The zero-order chi connectivity index (χ0) is 11.1. The molecule has 0 aromatic rings. The average Bonchev–Trinajstić information content (AvgIpc) is 2.98. The fourth-order valence-electron chi connectivity index (χ4n) is 1.22. The molecule has 0 unspecified atom stereocenters. The molecule has 5 heteroatoms. The maximum atomic E-state index is 11.2. The maximum Gasteiger partial charge on any atom is 0.223 e. The molecule has 86 valence electrons. The first-order valence-electron chi connectivity index (χ1n) is 5.43. The van der Waals surface area contributed by atoms with Crippen molar-refractivity contribution in [3.63, 3.8) is 0 Å². The van der Waals surface area contributed by atoms with E-state index in [1.807, 2.05) is 0 Å². The Morgan fingerprint density at radius 2 is 1.67 bits per heavy atom. The van der Waals surface area contributed by atoms with E-state index in [-0.39, 0.29) is 17.7 Å². The summed E-state index contributed by atoms with van der Waals surface area (Å²) in [6, 6.07) is 0. The lowest BCUT2D eigenvalue weighted by molar-refractivity contribution is -0.122. The van der Waals surface area contributed by atoms with E-state index >= 15 is 0 Å². The van der Waals surface area contributed by atoms with E-state index in [2.05, 4.69) is 16.0 Å². The highest BCUT2D eigenvalue weighted by Crippen LogP contribution is 2.28. The Bertz CT molecular complexity index is 227. The van der Waals surface area contributed by atoms with Gasteiger partial charge in [0.05, 0.1) is 0 Å². The van der Waals surface area contributed by atoms with Gasteiger partial charge in [-0.2, -0.15) is 0 Å². The van der Waals surface area contributed by atoms with Crippen molar-refractivity contribution in [2.24, 2.45) is 5.92 Å². The third-order valence-electron chi connectivity index (χ3n) is 2.22. The van der Waals surface area contributed by atoms with Crippen LogP contribution in [-0.2, 0) is 9.59 Å². The van der Waals surface area contributed by atoms with Crippen molar-refractivity contribution in [3.8, 4) is 0 Å². The van der Waals surface area contributed by atoms with E-state index in [1.54, 1.807) is 0 Å². The minimum Gasteiger partial charge on any atom is -0.355 e. The molecule has 1 aliphatic rings. The molecule has 1 saturated carbocycles. The quantitative estimate of drug-likeness (QED) is 0.487. The van der Waals surface area contributed by atoms with Crippen molar-refractivity contribution in [2.45, 2.75) is 19.8 Å². The Kier molecular flexibility index (Phi) is 5.10. The van der Waals surface area contributed by atoms with E-state index < -0.39 is 0 Å². The monoisotopic (exact) mass is 213 g/mol. The molecule has 1 fully saturated rings. The van der Waals surface area contributed by atoms with Crippen LogP contribution in [0.25, 0.3) is 0 Å². The molecule has 0 aromatic carbocycles. The van der Waals surface area contributed by atoms with Crippen LogP contribution in [0.15, 0.2) is 0 Å². The highest BCUT2D eigenvalue weighted by atomic mass is 16.2. The second kappa shape index (κ2) is 6.40. The van der Waals surface area contributed by atoms with Crippen molar-refractivity contribution in [1.82, 2.24) is 16.0 Å². The van der Waals surface area contributed by atoms with E-state index in [9.17, 15) is 9.59 Å². The molecular formula is C10H19N3O2. The molecule has 0 radical (unpaired) electrons. The van der Waals surface area contributed by atoms with Crippen molar-refractivity contribution in [3.05, 3.63) is 0 Å². The number of carbonyl (C=O) groups is 2. The van der Waals surface area contributed by atoms with Crippen LogP contribution in [0, 0.1) is 5.92 Å². The minimum absolute atomic E-state index is 0.0150. The molecule has 0 spiro atoms. The second-order valence-electron chi connectivity index (χ2n) is 3.80. The molecule has 1 rings (SSSR count). The van der Waals surface area contributed by atoms with E-state index in [0.29, 0.717) is 13.1 Å². The topological polar surface area (TPSA) is 70.2 Å². The maximum absolute atomic E-state index is 11.2. The van der Waals surface area contributed by atoms with Crippen LogP contribution in [0.3, 0.4) is 0 Å². The first-order chi connectivity index (χ1) is 7.20. The molecule has 15 heavy (non-hydrogen) atoms. The van der Waals surface area contributed by atoms with Crippen molar-refractivity contribution < 1.29 is 9.59 Å². The Morgan fingerprint density at radius 3 is 2.20 bits per heavy atom. The molecule has 0 atom stereocenters. The highest BCUT2D eigenvalue weighted by molar-refractivity contribution is 5.80. The molecule has 0 aliphatic heterocycles. The summed E-state index contributed by atoms with van der Waals surface area (Å²) in [7, 11) is 0. The summed E-state index contributed by atoms with van der Waals surface area (Å²) >= 11 is 0. The van der Waals surface area contributed by atoms with E-state index in [4.69, 9.17) is 0 Å². The summed E-state index contributed by atoms with van der Waals surface area (Å²) in [4.78, 5) is 21.7. The van der Waals surface area contributed by atoms with Crippen LogP contribution in [0.4, 0.5) is 0 Å². The molecule has 0 heterocycles. The van der Waals surface area contributed by atoms with Gasteiger partial charge in [-0.1, -0.05) is 0 Å². The summed E-state index contributed by atoms with van der Waals surface area (Å²) in [5.41, 5.74) is 0. The van der Waals surface area contributed by atoms with Crippen LogP contribution in [0.1, 0.15) is 19.8 Å². The average molecular weight is 213 g/mol. The molecule has 0 bridgehead atoms. The van der Waals surface area contributed by atoms with Gasteiger partial charge in [-0.05, 0) is 12.8 Å². The van der Waals surface area contributed by atoms with Gasteiger partial charge in [0.25, 0.3) is 0 Å². The highest BCUT2D eigenvalue weighted by Gasteiger charge is 2.28. The molecule has 0 aromatic heterocycles. The van der Waals surface area contributed by atoms with Gasteiger partial charge in [0, 0.05) is 39.0 Å². The van der Waals surface area contributed by atoms with Gasteiger partial charge >= 0.3 is 0 Å². The smallest absolute Gasteiger partial charge is 0.223 e. The number of amides is 2. The van der Waals surface area contributed by atoms with Gasteiger partial charge in [0.1, 0.15) is 0 Å². The number of hydrogen-bond acceptors (Lipinski definition) is 3. The first-order valence-corrected chi connectivity index (χ1v) is 5.43. The van der Waals surface area contributed by atoms with E-state index in [1.165, 1.54) is 6.92 Å². The van der Waals surface area contributed by atoms with Gasteiger partial charge in [0.15, 0.2) is 0 Å². The van der Waals surface area contributed by atoms with Crippen LogP contribution in [0.2, 0.25) is 0 Å². The molecule has 1 aliphatic carbocycles. The van der Waals surface area contributed by atoms with Gasteiger partial charge in [-0.25, -0.2) is 0 Å². The molecule has 3 N–H and O–H groups in total. The van der Waals surface area contributed by atoms with Gasteiger partial charge in [0.2, 0.25) is 11.8 Å². The van der Waals surface area contributed by atoms with Crippen LogP contribution < -0.4 is 16.0 Å². The van der Waals surface area contributed by atoms with Crippen LogP contribution in [0.5, 0.6) is 0 Å². The fraction of sp³-hybridized carbons (Fsp3) is 0.800. The largest absolute Gasteiger partial charge is 0.355 e. The number of hydrogen-bond donors (Lipinski definition) is 3. The predicted octanol–water partition coefficient (Wildman–Crippen LogP) is -0.762. The molecule has 5 nitrogen and oxygen atoms in total. The second-order valence-corrected chi connectivity index (χ2v) is 3.80. The lowest BCUT2D eigenvalue weighted by Gasteiger charge is -2.06. The summed E-state index contributed by atoms with van der Waals surface area (Å²) in [6.45, 7) is 4.27. The molecule has 0 saturated heterocycles. The lowest BCUT2D eigenvalue weighted by Crippen LogP contribution is -2.36.